The first-order chi connectivity index (χ1) is 15.0. The summed E-state index contributed by atoms with van der Waals surface area (Å²) in [4.78, 5) is 37.6. The molecule has 0 aliphatic heterocycles. The van der Waals surface area contributed by atoms with Gasteiger partial charge in [-0.25, -0.2) is 14.4 Å². The molecule has 1 heterocycles. The van der Waals surface area contributed by atoms with Gasteiger partial charge in [-0.2, -0.15) is 0 Å². The summed E-state index contributed by atoms with van der Waals surface area (Å²) in [5, 5.41) is 4.61. The van der Waals surface area contributed by atoms with E-state index in [0.717, 1.165) is 10.8 Å². The fourth-order valence-corrected chi connectivity index (χ4v) is 3.49. The maximum atomic E-state index is 12.9. The zero-order valence-electron chi connectivity index (χ0n) is 19.3. The number of hydrogen-bond donors (Lipinski definition) is 1. The summed E-state index contributed by atoms with van der Waals surface area (Å²) >= 11 is 0. The van der Waals surface area contributed by atoms with Crippen molar-refractivity contribution in [2.75, 3.05) is 0 Å². The highest BCUT2D eigenvalue weighted by Gasteiger charge is 2.27. The second kappa shape index (κ2) is 9.02. The smallest absolute Gasteiger partial charge is 0.408 e. The van der Waals surface area contributed by atoms with Crippen molar-refractivity contribution >= 4 is 33.8 Å². The Morgan fingerprint density at radius 1 is 1.03 bits per heavy atom. The highest BCUT2D eigenvalue weighted by atomic mass is 16.6. The minimum Gasteiger partial charge on any atom is -0.444 e. The summed E-state index contributed by atoms with van der Waals surface area (Å²) in [6, 6.07) is 9.73. The standard InChI is InChI=1S/C25H29NO6/c1-14(2)13-19(26-24(29)32-25(4,5)6)23(28)30-20-12-11-17-16-9-7-8-10-18(16)22(27)31-21(17)15(20)3/h7-12,14,19H,13H2,1-6H3,(H,26,29)/t19-/m1/s1. The maximum Gasteiger partial charge on any atom is 0.408 e. The van der Waals surface area contributed by atoms with Crippen LogP contribution in [-0.4, -0.2) is 23.7 Å². The molecule has 7 heteroatoms. The molecule has 0 unspecified atom stereocenters. The molecule has 0 fully saturated rings. The van der Waals surface area contributed by atoms with Crippen LogP contribution < -0.4 is 15.7 Å². The molecule has 3 aromatic rings. The predicted molar refractivity (Wildman–Crippen MR) is 123 cm³/mol. The summed E-state index contributed by atoms with van der Waals surface area (Å²) in [5.74, 6) is -0.222. The molecule has 2 aromatic carbocycles. The van der Waals surface area contributed by atoms with Crippen LogP contribution >= 0.6 is 0 Å². The first-order valence-electron chi connectivity index (χ1n) is 10.6. The number of aryl methyl sites for hydroxylation is 1. The van der Waals surface area contributed by atoms with Crippen LogP contribution in [0.1, 0.15) is 46.6 Å². The van der Waals surface area contributed by atoms with Gasteiger partial charge in [0.1, 0.15) is 23.0 Å². The van der Waals surface area contributed by atoms with Crippen molar-refractivity contribution in [3.63, 3.8) is 0 Å². The molecular weight excluding hydrogens is 410 g/mol. The number of rotatable bonds is 5. The number of esters is 1. The number of benzene rings is 2. The lowest BCUT2D eigenvalue weighted by molar-refractivity contribution is -0.137. The van der Waals surface area contributed by atoms with Gasteiger partial charge in [0.25, 0.3) is 0 Å². The molecule has 0 spiro atoms. The van der Waals surface area contributed by atoms with Crippen LogP contribution in [0.5, 0.6) is 5.75 Å². The number of ether oxygens (including phenoxy) is 2. The average molecular weight is 440 g/mol. The van der Waals surface area contributed by atoms with Crippen molar-refractivity contribution < 1.29 is 23.5 Å². The van der Waals surface area contributed by atoms with Gasteiger partial charge in [-0.3, -0.25) is 0 Å². The van der Waals surface area contributed by atoms with Crippen LogP contribution in [0.3, 0.4) is 0 Å². The quantitative estimate of drug-likeness (QED) is 0.257. The molecule has 170 valence electrons. The zero-order chi connectivity index (χ0) is 23.6. The van der Waals surface area contributed by atoms with Gasteiger partial charge in [-0.15, -0.1) is 0 Å². The molecule has 3 rings (SSSR count). The molecule has 32 heavy (non-hydrogen) atoms. The summed E-state index contributed by atoms with van der Waals surface area (Å²) in [5.41, 5.74) is -0.256. The van der Waals surface area contributed by atoms with E-state index < -0.39 is 29.3 Å². The van der Waals surface area contributed by atoms with Gasteiger partial charge >= 0.3 is 17.7 Å². The van der Waals surface area contributed by atoms with Crippen LogP contribution in [0.15, 0.2) is 45.6 Å². The molecule has 7 nitrogen and oxygen atoms in total. The first kappa shape index (κ1) is 23.3. The topological polar surface area (TPSA) is 94.8 Å². The van der Waals surface area contributed by atoms with Gasteiger partial charge in [0.2, 0.25) is 0 Å². The first-order valence-corrected chi connectivity index (χ1v) is 10.6. The SMILES string of the molecule is Cc1c(OC(=O)[C@@H](CC(C)C)NC(=O)OC(C)(C)C)ccc2c1oc(=O)c1ccccc12. The van der Waals surface area contributed by atoms with Crippen molar-refractivity contribution in [3.8, 4) is 5.75 Å². The molecule has 1 N–H and O–H groups in total. The maximum absolute atomic E-state index is 12.9. The number of fused-ring (bicyclic) bond motifs is 3. The van der Waals surface area contributed by atoms with Gasteiger partial charge in [0.15, 0.2) is 0 Å². The largest absolute Gasteiger partial charge is 0.444 e. The van der Waals surface area contributed by atoms with Gasteiger partial charge in [-0.1, -0.05) is 32.0 Å². The van der Waals surface area contributed by atoms with E-state index in [-0.39, 0.29) is 11.7 Å². The number of carbonyl (C=O) groups excluding carboxylic acids is 2. The minimum absolute atomic E-state index is 0.129. The fraction of sp³-hybridized carbons (Fsp3) is 0.400. The summed E-state index contributed by atoms with van der Waals surface area (Å²) in [7, 11) is 0. The molecule has 0 aliphatic rings. The normalized spacial score (nSPS) is 12.7. The Bertz CT molecular complexity index is 1220. The molecular formula is C25H29NO6. The lowest BCUT2D eigenvalue weighted by Crippen LogP contribution is -2.45. The second-order valence-electron chi connectivity index (χ2n) is 9.25. The van der Waals surface area contributed by atoms with Crippen LogP contribution in [0, 0.1) is 12.8 Å². The van der Waals surface area contributed by atoms with Gasteiger partial charge in [-0.05, 0) is 63.6 Å². The number of hydrogen-bond acceptors (Lipinski definition) is 6. The summed E-state index contributed by atoms with van der Waals surface area (Å²) < 4.78 is 16.4. The predicted octanol–water partition coefficient (Wildman–Crippen LogP) is 5.10. The van der Waals surface area contributed by atoms with Crippen molar-refractivity contribution in [1.82, 2.24) is 5.32 Å². The monoisotopic (exact) mass is 439 g/mol. The highest BCUT2D eigenvalue weighted by molar-refractivity contribution is 6.05. The second-order valence-corrected chi connectivity index (χ2v) is 9.25. The summed E-state index contributed by atoms with van der Waals surface area (Å²) in [6.07, 6.45) is -0.308. The Balaban J connectivity index is 1.91. The lowest BCUT2D eigenvalue weighted by Gasteiger charge is -2.24. The van der Waals surface area contributed by atoms with Crippen molar-refractivity contribution in [2.45, 2.75) is 59.6 Å². The Morgan fingerprint density at radius 3 is 2.31 bits per heavy atom. The van der Waals surface area contributed by atoms with Crippen molar-refractivity contribution in [1.29, 1.82) is 0 Å². The molecule has 0 radical (unpaired) electrons. The average Bonchev–Trinajstić information content (AvgIpc) is 2.68. The Hall–Kier alpha value is -3.35. The number of carbonyl (C=O) groups is 2. The molecule has 0 saturated carbocycles. The number of nitrogens with one attached hydrogen (secondary N) is 1. The molecule has 1 atom stereocenters. The molecule has 0 saturated heterocycles. The molecule has 1 aromatic heterocycles. The Kier molecular flexibility index (Phi) is 6.57. The van der Waals surface area contributed by atoms with E-state index in [0.29, 0.717) is 23.0 Å². The third kappa shape index (κ3) is 5.28. The van der Waals surface area contributed by atoms with E-state index in [1.54, 1.807) is 52.0 Å². The van der Waals surface area contributed by atoms with Gasteiger partial charge in [0, 0.05) is 10.9 Å². The van der Waals surface area contributed by atoms with Crippen LogP contribution in [0.2, 0.25) is 0 Å². The third-order valence-electron chi connectivity index (χ3n) is 4.88. The molecule has 0 aliphatic carbocycles. The molecule has 0 bridgehead atoms. The van der Waals surface area contributed by atoms with Crippen LogP contribution in [0.25, 0.3) is 21.7 Å². The van der Waals surface area contributed by atoms with E-state index in [1.165, 1.54) is 0 Å². The van der Waals surface area contributed by atoms with E-state index in [2.05, 4.69) is 5.32 Å². The van der Waals surface area contributed by atoms with Crippen molar-refractivity contribution in [2.24, 2.45) is 5.92 Å². The Labute approximate surface area is 186 Å². The van der Waals surface area contributed by atoms with Crippen molar-refractivity contribution in [3.05, 3.63) is 52.4 Å². The van der Waals surface area contributed by atoms with Crippen LogP contribution in [-0.2, 0) is 9.53 Å². The van der Waals surface area contributed by atoms with Gasteiger partial charge in [0.05, 0.1) is 5.39 Å². The van der Waals surface area contributed by atoms with E-state index >= 15 is 0 Å². The highest BCUT2D eigenvalue weighted by Crippen LogP contribution is 2.31. The van der Waals surface area contributed by atoms with Gasteiger partial charge < -0.3 is 19.2 Å². The fourth-order valence-electron chi connectivity index (χ4n) is 3.49. The van der Waals surface area contributed by atoms with E-state index in [1.807, 2.05) is 26.0 Å². The number of amides is 1. The van der Waals surface area contributed by atoms with Crippen LogP contribution in [0.4, 0.5) is 4.79 Å². The Morgan fingerprint density at radius 2 is 1.69 bits per heavy atom. The van der Waals surface area contributed by atoms with E-state index in [4.69, 9.17) is 13.9 Å². The molecule has 1 amide bonds. The lowest BCUT2D eigenvalue weighted by atomic mass is 10.0. The zero-order valence-corrected chi connectivity index (χ0v) is 19.3. The number of alkyl carbamates (subject to hydrolysis) is 1. The van der Waals surface area contributed by atoms with E-state index in [9.17, 15) is 14.4 Å². The summed E-state index contributed by atoms with van der Waals surface area (Å²) in [6.45, 7) is 10.9. The third-order valence-corrected chi connectivity index (χ3v) is 4.88. The minimum atomic E-state index is -0.886.